The zero-order valence-electron chi connectivity index (χ0n) is 12.0. The molecule has 0 bridgehead atoms. The van der Waals surface area contributed by atoms with E-state index in [9.17, 15) is 8.42 Å². The van der Waals surface area contributed by atoms with E-state index in [4.69, 9.17) is 0 Å². The summed E-state index contributed by atoms with van der Waals surface area (Å²) in [4.78, 5) is 0. The molecule has 0 spiro atoms. The Bertz CT molecular complexity index is 343. The molecule has 1 aliphatic rings. The van der Waals surface area contributed by atoms with Gasteiger partial charge >= 0.3 is 0 Å². The van der Waals surface area contributed by atoms with Crippen LogP contribution in [-0.2, 0) is 10.2 Å². The minimum Gasteiger partial charge on any atom is -0.317 e. The van der Waals surface area contributed by atoms with E-state index in [0.29, 0.717) is 12.5 Å². The van der Waals surface area contributed by atoms with Gasteiger partial charge in [-0.25, -0.2) is 0 Å². The van der Waals surface area contributed by atoms with Crippen LogP contribution in [-0.4, -0.2) is 44.9 Å². The third-order valence-corrected chi connectivity index (χ3v) is 5.03. The van der Waals surface area contributed by atoms with Gasteiger partial charge in [-0.2, -0.15) is 17.4 Å². The third kappa shape index (κ3) is 5.65. The van der Waals surface area contributed by atoms with Crippen LogP contribution in [0.5, 0.6) is 0 Å². The zero-order chi connectivity index (χ0) is 13.8. The molecule has 0 unspecified atom stereocenters. The average Bonchev–Trinajstić information content (AvgIpc) is 2.24. The van der Waals surface area contributed by atoms with Crippen molar-refractivity contribution in [1.29, 1.82) is 0 Å². The lowest BCUT2D eigenvalue weighted by Gasteiger charge is -2.27. The molecule has 0 amide bonds. The first-order chi connectivity index (χ1) is 8.21. The lowest BCUT2D eigenvalue weighted by atomic mass is 9.95. The van der Waals surface area contributed by atoms with Gasteiger partial charge < -0.3 is 5.32 Å². The molecule has 0 radical (unpaired) electrons. The minimum absolute atomic E-state index is 0.429. The fourth-order valence-electron chi connectivity index (χ4n) is 2.12. The normalized spacial score (nSPS) is 19.4. The van der Waals surface area contributed by atoms with Crippen LogP contribution in [0.3, 0.4) is 0 Å². The van der Waals surface area contributed by atoms with Crippen molar-refractivity contribution in [3.8, 4) is 0 Å². The van der Waals surface area contributed by atoms with E-state index in [1.165, 1.54) is 4.31 Å². The molecule has 2 N–H and O–H groups in total. The molecule has 0 atom stereocenters. The maximum absolute atomic E-state index is 12.0. The van der Waals surface area contributed by atoms with Gasteiger partial charge in [0.2, 0.25) is 0 Å². The Kier molecular flexibility index (Phi) is 5.58. The lowest BCUT2D eigenvalue weighted by Crippen LogP contribution is -2.48. The van der Waals surface area contributed by atoms with Gasteiger partial charge in [-0.15, -0.1) is 0 Å². The van der Waals surface area contributed by atoms with Gasteiger partial charge in [0.05, 0.1) is 0 Å². The highest BCUT2D eigenvalue weighted by Crippen LogP contribution is 2.17. The number of hydrogen-bond donors (Lipinski definition) is 2. The minimum atomic E-state index is -3.35. The maximum Gasteiger partial charge on any atom is 0.279 e. The van der Waals surface area contributed by atoms with Gasteiger partial charge in [0.15, 0.2) is 0 Å². The van der Waals surface area contributed by atoms with Crippen molar-refractivity contribution in [2.75, 3.05) is 26.7 Å². The van der Waals surface area contributed by atoms with Crippen LogP contribution in [0.2, 0.25) is 0 Å². The van der Waals surface area contributed by atoms with E-state index >= 15 is 0 Å². The van der Waals surface area contributed by atoms with Gasteiger partial charge in [0.1, 0.15) is 0 Å². The summed E-state index contributed by atoms with van der Waals surface area (Å²) in [7, 11) is -1.70. The SMILES string of the molecule is CN(CCC1CCNCC1)S(=O)(=O)NC(C)(C)C. The quantitative estimate of drug-likeness (QED) is 0.786. The largest absolute Gasteiger partial charge is 0.317 e. The van der Waals surface area contributed by atoms with E-state index in [1.807, 2.05) is 20.8 Å². The molecule has 0 aromatic rings. The summed E-state index contributed by atoms with van der Waals surface area (Å²) in [6, 6.07) is 0. The number of piperidine rings is 1. The van der Waals surface area contributed by atoms with Crippen molar-refractivity contribution in [2.24, 2.45) is 5.92 Å². The smallest absolute Gasteiger partial charge is 0.279 e. The molecule has 0 aromatic heterocycles. The Hall–Kier alpha value is -0.170. The van der Waals surface area contributed by atoms with Gasteiger partial charge in [-0.1, -0.05) is 0 Å². The predicted molar refractivity (Wildman–Crippen MR) is 74.6 cm³/mol. The first kappa shape index (κ1) is 15.9. The summed E-state index contributed by atoms with van der Waals surface area (Å²) in [5.74, 6) is 0.651. The molecule has 1 heterocycles. The van der Waals surface area contributed by atoms with E-state index in [2.05, 4.69) is 10.0 Å². The van der Waals surface area contributed by atoms with Gasteiger partial charge in [0.25, 0.3) is 10.2 Å². The highest BCUT2D eigenvalue weighted by molar-refractivity contribution is 7.87. The van der Waals surface area contributed by atoms with E-state index in [0.717, 1.165) is 32.4 Å². The molecule has 0 aromatic carbocycles. The Morgan fingerprint density at radius 1 is 1.28 bits per heavy atom. The van der Waals surface area contributed by atoms with Gasteiger partial charge in [-0.3, -0.25) is 0 Å². The van der Waals surface area contributed by atoms with Crippen LogP contribution >= 0.6 is 0 Å². The molecule has 18 heavy (non-hydrogen) atoms. The van der Waals surface area contributed by atoms with E-state index < -0.39 is 15.7 Å². The monoisotopic (exact) mass is 277 g/mol. The van der Waals surface area contributed by atoms with Crippen molar-refractivity contribution in [2.45, 2.75) is 45.6 Å². The summed E-state index contributed by atoms with van der Waals surface area (Å²) < 4.78 is 28.1. The Morgan fingerprint density at radius 3 is 2.33 bits per heavy atom. The van der Waals surface area contributed by atoms with E-state index in [-0.39, 0.29) is 0 Å². The van der Waals surface area contributed by atoms with Crippen LogP contribution in [0.15, 0.2) is 0 Å². The predicted octanol–water partition coefficient (Wildman–Crippen LogP) is 0.941. The van der Waals surface area contributed by atoms with Crippen molar-refractivity contribution in [3.63, 3.8) is 0 Å². The third-order valence-electron chi connectivity index (χ3n) is 3.16. The highest BCUT2D eigenvalue weighted by Gasteiger charge is 2.24. The Labute approximate surface area is 112 Å². The van der Waals surface area contributed by atoms with Crippen molar-refractivity contribution in [3.05, 3.63) is 0 Å². The topological polar surface area (TPSA) is 61.4 Å². The summed E-state index contributed by atoms with van der Waals surface area (Å²) in [6.07, 6.45) is 3.25. The molecule has 6 heteroatoms. The highest BCUT2D eigenvalue weighted by atomic mass is 32.2. The standard InChI is InChI=1S/C12H27N3O2S/c1-12(2,3)14-18(16,17)15(4)10-7-11-5-8-13-9-6-11/h11,13-14H,5-10H2,1-4H3. The molecule has 5 nitrogen and oxygen atoms in total. The second-order valence-corrected chi connectivity index (χ2v) is 7.94. The molecular weight excluding hydrogens is 250 g/mol. The lowest BCUT2D eigenvalue weighted by molar-refractivity contribution is 0.322. The number of rotatable bonds is 5. The number of hydrogen-bond acceptors (Lipinski definition) is 3. The fraction of sp³-hybridized carbons (Fsp3) is 1.00. The fourth-order valence-corrected chi connectivity index (χ4v) is 3.40. The molecule has 1 rings (SSSR count). The molecule has 0 aliphatic carbocycles. The molecule has 0 saturated carbocycles. The van der Waals surface area contributed by atoms with Crippen molar-refractivity contribution in [1.82, 2.24) is 14.3 Å². The molecule has 108 valence electrons. The zero-order valence-corrected chi connectivity index (χ0v) is 12.8. The Balaban J connectivity index is 2.41. The summed E-state index contributed by atoms with van der Waals surface area (Å²) in [5.41, 5.74) is -0.429. The van der Waals surface area contributed by atoms with Crippen molar-refractivity contribution < 1.29 is 8.42 Å². The van der Waals surface area contributed by atoms with Crippen LogP contribution in [0.25, 0.3) is 0 Å². The summed E-state index contributed by atoms with van der Waals surface area (Å²) in [6.45, 7) is 8.26. The van der Waals surface area contributed by atoms with Crippen LogP contribution < -0.4 is 10.0 Å². The first-order valence-corrected chi connectivity index (χ1v) is 8.11. The van der Waals surface area contributed by atoms with E-state index in [1.54, 1.807) is 7.05 Å². The molecule has 1 saturated heterocycles. The second kappa shape index (κ2) is 6.32. The van der Waals surface area contributed by atoms with Crippen LogP contribution in [0, 0.1) is 5.92 Å². The summed E-state index contributed by atoms with van der Waals surface area (Å²) >= 11 is 0. The van der Waals surface area contributed by atoms with Gasteiger partial charge in [0, 0.05) is 19.1 Å². The molecule has 1 fully saturated rings. The van der Waals surface area contributed by atoms with Crippen molar-refractivity contribution >= 4 is 10.2 Å². The molecular formula is C12H27N3O2S. The first-order valence-electron chi connectivity index (χ1n) is 6.67. The number of nitrogens with zero attached hydrogens (tertiary/aromatic N) is 1. The summed E-state index contributed by atoms with van der Waals surface area (Å²) in [5, 5.41) is 3.32. The maximum atomic E-state index is 12.0. The van der Waals surface area contributed by atoms with Gasteiger partial charge in [-0.05, 0) is 59.0 Å². The van der Waals surface area contributed by atoms with Crippen LogP contribution in [0.4, 0.5) is 0 Å². The van der Waals surface area contributed by atoms with Crippen LogP contribution in [0.1, 0.15) is 40.0 Å². The Morgan fingerprint density at radius 2 is 1.83 bits per heavy atom. The average molecular weight is 277 g/mol. The molecule has 1 aliphatic heterocycles. The second-order valence-electron chi connectivity index (χ2n) is 6.16. The number of nitrogens with one attached hydrogen (secondary N) is 2.